The Balaban J connectivity index is 1.33. The number of hydrogen-bond acceptors (Lipinski definition) is 10. The fraction of sp³-hybridized carbons (Fsp3) is 0.342. The van der Waals surface area contributed by atoms with Crippen molar-refractivity contribution in [1.29, 1.82) is 0 Å². The molecule has 1 aliphatic rings. The van der Waals surface area contributed by atoms with Gasteiger partial charge in [-0.05, 0) is 74.3 Å². The van der Waals surface area contributed by atoms with Crippen molar-refractivity contribution in [2.75, 3.05) is 70.8 Å². The van der Waals surface area contributed by atoms with E-state index in [0.29, 0.717) is 41.5 Å². The number of nitrogens with zero attached hydrogens (tertiary/aromatic N) is 5. The summed E-state index contributed by atoms with van der Waals surface area (Å²) in [5.74, 6) is 1.67. The minimum absolute atomic E-state index is 0.0355. The molecule has 1 N–H and O–H groups in total. The van der Waals surface area contributed by atoms with E-state index in [-0.39, 0.29) is 24.1 Å². The van der Waals surface area contributed by atoms with E-state index in [2.05, 4.69) is 38.7 Å². The third kappa shape index (κ3) is 9.48. The molecule has 50 heavy (non-hydrogen) atoms. The minimum Gasteiger partial charge on any atom is -0.497 e. The van der Waals surface area contributed by atoms with E-state index in [1.807, 2.05) is 25.1 Å². The van der Waals surface area contributed by atoms with Gasteiger partial charge >= 0.3 is 6.09 Å². The van der Waals surface area contributed by atoms with Crippen LogP contribution in [0.4, 0.5) is 26.6 Å². The van der Waals surface area contributed by atoms with Crippen molar-refractivity contribution in [3.63, 3.8) is 0 Å². The lowest BCUT2D eigenvalue weighted by atomic mass is 10.1. The standard InChI is InChI=1S/C38H45FN6O5/c1-6-9-28-11-7-10-27(2)36(28)50-38(46)45(26-29-24-31(47-4)13-15-33(29)48-5)35-16-17-40-37(42-35)41-30-12-14-34(32(39)25-30)49-23-8-18-44-21-19-43(3)20-22-44/h6-7,10-17,24-25H,1,8-9,18-23,26H2,2-5H3,(H,40,41,42). The van der Waals surface area contributed by atoms with Crippen LogP contribution < -0.4 is 29.2 Å². The number of para-hydroxylation sites is 1. The van der Waals surface area contributed by atoms with E-state index in [1.54, 1.807) is 56.7 Å². The van der Waals surface area contributed by atoms with Crippen LogP contribution in [0, 0.1) is 12.7 Å². The highest BCUT2D eigenvalue weighted by Gasteiger charge is 2.24. The molecule has 5 rings (SSSR count). The molecular weight excluding hydrogens is 639 g/mol. The first-order valence-electron chi connectivity index (χ1n) is 16.6. The van der Waals surface area contributed by atoms with E-state index in [1.165, 1.54) is 17.2 Å². The molecule has 2 heterocycles. The third-order valence-electron chi connectivity index (χ3n) is 8.46. The Kier molecular flexibility index (Phi) is 12.6. The van der Waals surface area contributed by atoms with Crippen LogP contribution in [0.2, 0.25) is 0 Å². The predicted molar refractivity (Wildman–Crippen MR) is 193 cm³/mol. The monoisotopic (exact) mass is 684 g/mol. The predicted octanol–water partition coefficient (Wildman–Crippen LogP) is 6.64. The van der Waals surface area contributed by atoms with Gasteiger partial charge in [0.2, 0.25) is 5.95 Å². The number of piperazine rings is 1. The molecule has 1 aromatic heterocycles. The van der Waals surface area contributed by atoms with Crippen molar-refractivity contribution in [3.8, 4) is 23.0 Å². The lowest BCUT2D eigenvalue weighted by molar-refractivity contribution is 0.145. The minimum atomic E-state index is -0.667. The number of benzene rings is 3. The Morgan fingerprint density at radius 2 is 1.82 bits per heavy atom. The number of allylic oxidation sites excluding steroid dienone is 1. The van der Waals surface area contributed by atoms with Crippen LogP contribution in [0.1, 0.15) is 23.1 Å². The van der Waals surface area contributed by atoms with Gasteiger partial charge in [0.05, 0.1) is 27.4 Å². The van der Waals surface area contributed by atoms with Gasteiger partial charge in [0, 0.05) is 56.2 Å². The molecule has 1 amide bonds. The zero-order valence-corrected chi connectivity index (χ0v) is 29.2. The number of ether oxygens (including phenoxy) is 4. The van der Waals surface area contributed by atoms with E-state index in [4.69, 9.17) is 18.9 Å². The highest BCUT2D eigenvalue weighted by atomic mass is 19.1. The Hall–Kier alpha value is -5.20. The number of hydrogen-bond donors (Lipinski definition) is 1. The molecular formula is C38H45FN6O5. The summed E-state index contributed by atoms with van der Waals surface area (Å²) < 4.78 is 37.9. The van der Waals surface area contributed by atoms with E-state index in [0.717, 1.165) is 50.3 Å². The molecule has 0 bridgehead atoms. The molecule has 11 nitrogen and oxygen atoms in total. The maximum atomic E-state index is 15.1. The number of likely N-dealkylation sites (N-methyl/N-ethyl adjacent to an activating group) is 1. The number of methoxy groups -OCH3 is 2. The van der Waals surface area contributed by atoms with Crippen molar-refractivity contribution in [2.24, 2.45) is 0 Å². The van der Waals surface area contributed by atoms with Gasteiger partial charge in [-0.25, -0.2) is 14.2 Å². The summed E-state index contributed by atoms with van der Waals surface area (Å²) in [4.78, 5) is 29.0. The molecule has 3 aromatic carbocycles. The van der Waals surface area contributed by atoms with E-state index >= 15 is 4.39 Å². The van der Waals surface area contributed by atoms with Gasteiger partial charge in [-0.2, -0.15) is 4.98 Å². The number of nitrogens with one attached hydrogen (secondary N) is 1. The largest absolute Gasteiger partial charge is 0.497 e. The summed E-state index contributed by atoms with van der Waals surface area (Å²) >= 11 is 0. The molecule has 0 atom stereocenters. The summed E-state index contributed by atoms with van der Waals surface area (Å²) in [5, 5.41) is 3.05. The van der Waals surface area contributed by atoms with Crippen molar-refractivity contribution < 1.29 is 28.1 Å². The third-order valence-corrected chi connectivity index (χ3v) is 8.46. The number of aryl methyl sites for hydroxylation is 1. The molecule has 4 aromatic rings. The molecule has 264 valence electrons. The van der Waals surface area contributed by atoms with Gasteiger partial charge in [0.25, 0.3) is 0 Å². The maximum Gasteiger partial charge on any atom is 0.421 e. The molecule has 0 radical (unpaired) electrons. The maximum absolute atomic E-state index is 15.1. The van der Waals surface area contributed by atoms with Crippen LogP contribution in [0.5, 0.6) is 23.0 Å². The van der Waals surface area contributed by atoms with Crippen molar-refractivity contribution in [2.45, 2.75) is 26.3 Å². The summed E-state index contributed by atoms with van der Waals surface area (Å²) in [6.45, 7) is 11.3. The first kappa shape index (κ1) is 36.1. The second-order valence-corrected chi connectivity index (χ2v) is 12.0. The van der Waals surface area contributed by atoms with E-state index in [9.17, 15) is 4.79 Å². The van der Waals surface area contributed by atoms with Gasteiger partial charge < -0.3 is 34.1 Å². The first-order valence-corrected chi connectivity index (χ1v) is 16.6. The quantitative estimate of drug-likeness (QED) is 0.108. The van der Waals surface area contributed by atoms with Crippen LogP contribution in [0.15, 0.2) is 79.5 Å². The number of rotatable bonds is 15. The van der Waals surface area contributed by atoms with E-state index < -0.39 is 11.9 Å². The van der Waals surface area contributed by atoms with Gasteiger partial charge in [-0.15, -0.1) is 6.58 Å². The average molecular weight is 685 g/mol. The highest BCUT2D eigenvalue weighted by Crippen LogP contribution is 2.30. The van der Waals surface area contributed by atoms with Gasteiger partial charge in [0.1, 0.15) is 23.1 Å². The molecule has 0 aliphatic carbocycles. The molecule has 1 fully saturated rings. The van der Waals surface area contributed by atoms with Crippen LogP contribution in [-0.4, -0.2) is 86.5 Å². The highest BCUT2D eigenvalue weighted by molar-refractivity contribution is 5.88. The van der Waals surface area contributed by atoms with Gasteiger partial charge in [-0.1, -0.05) is 24.3 Å². The SMILES string of the molecule is C=CCc1cccc(C)c1OC(=O)N(Cc1cc(OC)ccc1OC)c1ccnc(Nc2ccc(OCCCN3CCN(C)CC3)c(F)c2)n1. The van der Waals surface area contributed by atoms with Crippen LogP contribution in [0.3, 0.4) is 0 Å². The van der Waals surface area contributed by atoms with Crippen LogP contribution >= 0.6 is 0 Å². The van der Waals surface area contributed by atoms with Crippen molar-refractivity contribution >= 4 is 23.5 Å². The lowest BCUT2D eigenvalue weighted by Crippen LogP contribution is -2.44. The van der Waals surface area contributed by atoms with Crippen molar-refractivity contribution in [3.05, 3.63) is 102 Å². The Morgan fingerprint density at radius 3 is 2.56 bits per heavy atom. The van der Waals surface area contributed by atoms with Gasteiger partial charge in [-0.3, -0.25) is 4.90 Å². The second-order valence-electron chi connectivity index (χ2n) is 12.0. The molecule has 1 saturated heterocycles. The smallest absolute Gasteiger partial charge is 0.421 e. The summed E-state index contributed by atoms with van der Waals surface area (Å²) in [6.07, 6.45) is 3.93. The lowest BCUT2D eigenvalue weighted by Gasteiger charge is -2.32. The van der Waals surface area contributed by atoms with Crippen LogP contribution in [-0.2, 0) is 13.0 Å². The Bertz CT molecular complexity index is 1760. The topological polar surface area (TPSA) is 102 Å². The molecule has 0 unspecified atom stereocenters. The zero-order chi connectivity index (χ0) is 35.5. The second kappa shape index (κ2) is 17.5. The average Bonchev–Trinajstić information content (AvgIpc) is 3.12. The Morgan fingerprint density at radius 1 is 1.02 bits per heavy atom. The van der Waals surface area contributed by atoms with Crippen molar-refractivity contribution in [1.82, 2.24) is 19.8 Å². The van der Waals surface area contributed by atoms with Gasteiger partial charge in [0.15, 0.2) is 11.6 Å². The number of aromatic nitrogens is 2. The number of carbonyl (C=O) groups excluding carboxylic acids is 1. The van der Waals surface area contributed by atoms with Crippen LogP contribution in [0.25, 0.3) is 0 Å². The Labute approximate surface area is 293 Å². The molecule has 0 spiro atoms. The summed E-state index contributed by atoms with van der Waals surface area (Å²) in [7, 11) is 5.25. The summed E-state index contributed by atoms with van der Waals surface area (Å²) in [6, 6.07) is 17.2. The molecule has 0 saturated carbocycles. The summed E-state index contributed by atoms with van der Waals surface area (Å²) in [5.41, 5.74) is 2.70. The normalized spacial score (nSPS) is 13.4. The number of carbonyl (C=O) groups is 1. The fourth-order valence-corrected chi connectivity index (χ4v) is 5.66. The fourth-order valence-electron chi connectivity index (χ4n) is 5.66. The molecule has 1 aliphatic heterocycles. The number of amides is 1. The zero-order valence-electron chi connectivity index (χ0n) is 29.2. The number of anilines is 3. The molecule has 12 heteroatoms. The number of halogens is 1. The first-order chi connectivity index (χ1) is 24.3.